The zero-order valence-corrected chi connectivity index (χ0v) is 15.0. The van der Waals surface area contributed by atoms with Crippen molar-refractivity contribution >= 4 is 18.0 Å². The lowest BCUT2D eigenvalue weighted by Gasteiger charge is -2.22. The molecule has 0 aromatic heterocycles. The van der Waals surface area contributed by atoms with E-state index in [0.717, 1.165) is 19.3 Å². The summed E-state index contributed by atoms with van der Waals surface area (Å²) >= 11 is 0. The summed E-state index contributed by atoms with van der Waals surface area (Å²) in [5.41, 5.74) is 0.531. The Kier molecular flexibility index (Phi) is 5.75. The first-order valence-corrected chi connectivity index (χ1v) is 9.11. The van der Waals surface area contributed by atoms with Gasteiger partial charge in [0.2, 0.25) is 5.91 Å². The molecule has 2 aliphatic rings. The molecule has 7 heteroatoms. The molecule has 0 N–H and O–H groups in total. The van der Waals surface area contributed by atoms with E-state index >= 15 is 0 Å². The van der Waals surface area contributed by atoms with E-state index in [4.69, 9.17) is 9.47 Å². The van der Waals surface area contributed by atoms with Crippen LogP contribution in [0.3, 0.4) is 0 Å². The van der Waals surface area contributed by atoms with Crippen LogP contribution in [0.15, 0.2) is 24.3 Å². The number of ether oxygens (including phenoxy) is 2. The van der Waals surface area contributed by atoms with Gasteiger partial charge in [-0.2, -0.15) is 0 Å². The van der Waals surface area contributed by atoms with E-state index in [0.29, 0.717) is 37.5 Å². The van der Waals surface area contributed by atoms with Gasteiger partial charge in [-0.3, -0.25) is 9.59 Å². The standard InChI is InChI=1S/C19H24N2O5/c1-2-25-19(24)26-16-8-6-15(7-9-16)18(23)21-11-3-10-20(12-13-21)17(22)14-4-5-14/h6-9,14H,2-5,10-13H2,1H3. The number of carbonyl (C=O) groups is 3. The molecule has 1 saturated heterocycles. The molecule has 1 aromatic carbocycles. The van der Waals surface area contributed by atoms with Gasteiger partial charge in [0.05, 0.1) is 6.61 Å². The predicted octanol–water partition coefficient (Wildman–Crippen LogP) is 2.31. The van der Waals surface area contributed by atoms with Gasteiger partial charge in [0.1, 0.15) is 5.75 Å². The molecule has 3 rings (SSSR count). The van der Waals surface area contributed by atoms with Gasteiger partial charge in [0.15, 0.2) is 0 Å². The fourth-order valence-corrected chi connectivity index (χ4v) is 3.02. The minimum Gasteiger partial charge on any atom is -0.434 e. The minimum absolute atomic E-state index is 0.0756. The lowest BCUT2D eigenvalue weighted by atomic mass is 10.2. The van der Waals surface area contributed by atoms with Crippen molar-refractivity contribution in [2.24, 2.45) is 5.92 Å². The third-order valence-corrected chi connectivity index (χ3v) is 4.59. The molecular formula is C19H24N2O5. The van der Waals surface area contributed by atoms with Gasteiger partial charge < -0.3 is 19.3 Å². The van der Waals surface area contributed by atoms with Crippen molar-refractivity contribution in [3.8, 4) is 5.75 Å². The lowest BCUT2D eigenvalue weighted by molar-refractivity contribution is -0.132. The summed E-state index contributed by atoms with van der Waals surface area (Å²) in [6, 6.07) is 6.42. The highest BCUT2D eigenvalue weighted by atomic mass is 16.7. The average molecular weight is 360 g/mol. The Hall–Kier alpha value is -2.57. The highest BCUT2D eigenvalue weighted by molar-refractivity contribution is 5.94. The van der Waals surface area contributed by atoms with Crippen LogP contribution in [0.4, 0.5) is 4.79 Å². The first-order valence-electron chi connectivity index (χ1n) is 9.11. The molecule has 0 spiro atoms. The van der Waals surface area contributed by atoms with E-state index in [1.54, 1.807) is 36.1 Å². The van der Waals surface area contributed by atoms with Crippen LogP contribution in [0.25, 0.3) is 0 Å². The SMILES string of the molecule is CCOC(=O)Oc1ccc(C(=O)N2CCCN(C(=O)C3CC3)CC2)cc1. The summed E-state index contributed by atoms with van der Waals surface area (Å²) in [5.74, 6) is 0.703. The van der Waals surface area contributed by atoms with Gasteiger partial charge in [-0.05, 0) is 50.5 Å². The number of hydrogen-bond donors (Lipinski definition) is 0. The number of benzene rings is 1. The van der Waals surface area contributed by atoms with Gasteiger partial charge in [-0.1, -0.05) is 0 Å². The maximum absolute atomic E-state index is 12.7. The van der Waals surface area contributed by atoms with Crippen LogP contribution in [-0.4, -0.2) is 60.6 Å². The quantitative estimate of drug-likeness (QED) is 0.608. The second-order valence-electron chi connectivity index (χ2n) is 6.55. The Labute approximate surface area is 152 Å². The second-order valence-corrected chi connectivity index (χ2v) is 6.55. The number of carbonyl (C=O) groups excluding carboxylic acids is 3. The number of hydrogen-bond acceptors (Lipinski definition) is 5. The van der Waals surface area contributed by atoms with Crippen LogP contribution in [-0.2, 0) is 9.53 Å². The van der Waals surface area contributed by atoms with E-state index in [9.17, 15) is 14.4 Å². The van der Waals surface area contributed by atoms with Crippen molar-refractivity contribution in [3.63, 3.8) is 0 Å². The third-order valence-electron chi connectivity index (χ3n) is 4.59. The van der Waals surface area contributed by atoms with Gasteiger partial charge in [0.25, 0.3) is 5.91 Å². The van der Waals surface area contributed by atoms with Crippen molar-refractivity contribution in [2.75, 3.05) is 32.8 Å². The predicted molar refractivity (Wildman–Crippen MR) is 93.9 cm³/mol. The minimum atomic E-state index is -0.764. The summed E-state index contributed by atoms with van der Waals surface area (Å²) in [7, 11) is 0. The second kappa shape index (κ2) is 8.21. The van der Waals surface area contributed by atoms with Crippen LogP contribution >= 0.6 is 0 Å². The van der Waals surface area contributed by atoms with Crippen molar-refractivity contribution in [2.45, 2.75) is 26.2 Å². The maximum Gasteiger partial charge on any atom is 0.513 e. The molecule has 2 amide bonds. The van der Waals surface area contributed by atoms with Crippen molar-refractivity contribution in [1.29, 1.82) is 0 Å². The van der Waals surface area contributed by atoms with Crippen LogP contribution in [0, 0.1) is 5.92 Å². The normalized spacial score (nSPS) is 17.4. The molecule has 7 nitrogen and oxygen atoms in total. The molecule has 1 aliphatic heterocycles. The van der Waals surface area contributed by atoms with E-state index < -0.39 is 6.16 Å². The highest BCUT2D eigenvalue weighted by Gasteiger charge is 2.34. The molecule has 1 aromatic rings. The van der Waals surface area contributed by atoms with Gasteiger partial charge in [0, 0.05) is 37.7 Å². The number of rotatable bonds is 4. The van der Waals surface area contributed by atoms with Gasteiger partial charge in [-0.25, -0.2) is 4.79 Å². The topological polar surface area (TPSA) is 76.2 Å². The zero-order valence-electron chi connectivity index (χ0n) is 15.0. The molecule has 0 radical (unpaired) electrons. The molecule has 0 bridgehead atoms. The lowest BCUT2D eigenvalue weighted by Crippen LogP contribution is -2.37. The largest absolute Gasteiger partial charge is 0.513 e. The molecule has 2 fully saturated rings. The smallest absolute Gasteiger partial charge is 0.434 e. The Bertz CT molecular complexity index is 669. The summed E-state index contributed by atoms with van der Waals surface area (Å²) in [6.45, 7) is 4.41. The fraction of sp³-hybridized carbons (Fsp3) is 0.526. The Morgan fingerprint density at radius 2 is 1.65 bits per heavy atom. The Morgan fingerprint density at radius 1 is 1.00 bits per heavy atom. The molecule has 1 heterocycles. The molecule has 0 unspecified atom stereocenters. The fourth-order valence-electron chi connectivity index (χ4n) is 3.02. The van der Waals surface area contributed by atoms with Gasteiger partial charge >= 0.3 is 6.16 Å². The molecule has 140 valence electrons. The first-order chi connectivity index (χ1) is 12.6. The molecule has 0 atom stereocenters. The molecule has 1 aliphatic carbocycles. The van der Waals surface area contributed by atoms with Crippen molar-refractivity contribution < 1.29 is 23.9 Å². The van der Waals surface area contributed by atoms with Crippen molar-refractivity contribution in [3.05, 3.63) is 29.8 Å². The average Bonchev–Trinajstić information content (AvgIpc) is 3.48. The zero-order chi connectivity index (χ0) is 18.5. The molecular weight excluding hydrogens is 336 g/mol. The Balaban J connectivity index is 1.56. The summed E-state index contributed by atoms with van der Waals surface area (Å²) in [5, 5.41) is 0. The van der Waals surface area contributed by atoms with Crippen LogP contribution in [0.5, 0.6) is 5.75 Å². The van der Waals surface area contributed by atoms with E-state index in [-0.39, 0.29) is 24.3 Å². The van der Waals surface area contributed by atoms with Crippen LogP contribution < -0.4 is 4.74 Å². The van der Waals surface area contributed by atoms with Crippen molar-refractivity contribution in [1.82, 2.24) is 9.80 Å². The summed E-state index contributed by atoms with van der Waals surface area (Å²) in [6.07, 6.45) is 2.02. The van der Waals surface area contributed by atoms with E-state index in [1.165, 1.54) is 0 Å². The maximum atomic E-state index is 12.7. The van der Waals surface area contributed by atoms with E-state index in [1.807, 2.05) is 4.90 Å². The van der Waals surface area contributed by atoms with Crippen LogP contribution in [0.1, 0.15) is 36.5 Å². The molecule has 26 heavy (non-hydrogen) atoms. The third kappa shape index (κ3) is 4.53. The van der Waals surface area contributed by atoms with Crippen LogP contribution in [0.2, 0.25) is 0 Å². The monoisotopic (exact) mass is 360 g/mol. The van der Waals surface area contributed by atoms with E-state index in [2.05, 4.69) is 0 Å². The highest BCUT2D eigenvalue weighted by Crippen LogP contribution is 2.31. The Morgan fingerprint density at radius 3 is 2.31 bits per heavy atom. The van der Waals surface area contributed by atoms with Gasteiger partial charge in [-0.15, -0.1) is 0 Å². The number of nitrogens with zero attached hydrogens (tertiary/aromatic N) is 2. The first kappa shape index (κ1) is 18.2. The summed E-state index contributed by atoms with van der Waals surface area (Å²) < 4.78 is 9.71. The number of amides is 2. The summed E-state index contributed by atoms with van der Waals surface area (Å²) in [4.78, 5) is 39.9. The molecule has 1 saturated carbocycles.